The van der Waals surface area contributed by atoms with Gasteiger partial charge in [-0.3, -0.25) is 4.90 Å². The normalized spacial score (nSPS) is 18.6. The third-order valence-electron chi connectivity index (χ3n) is 4.98. The smallest absolute Gasteiger partial charge is 0.179 e. The van der Waals surface area contributed by atoms with Crippen molar-refractivity contribution < 1.29 is 8.42 Å². The van der Waals surface area contributed by atoms with E-state index in [1.807, 2.05) is 0 Å². The van der Waals surface area contributed by atoms with Gasteiger partial charge in [0.15, 0.2) is 9.84 Å². The van der Waals surface area contributed by atoms with Crippen molar-refractivity contribution >= 4 is 15.7 Å². The molecule has 2 heterocycles. The molecule has 0 aliphatic carbocycles. The van der Waals surface area contributed by atoms with Crippen LogP contribution in [0.25, 0.3) is 0 Å². The van der Waals surface area contributed by atoms with Gasteiger partial charge in [0.25, 0.3) is 0 Å². The van der Waals surface area contributed by atoms with Crippen molar-refractivity contribution in [1.82, 2.24) is 9.88 Å². The molecule has 3 rings (SSSR count). The maximum atomic E-state index is 11.8. The Labute approximate surface area is 156 Å². The van der Waals surface area contributed by atoms with Gasteiger partial charge in [-0.1, -0.05) is 30.7 Å². The molecule has 1 aromatic heterocycles. The van der Waals surface area contributed by atoms with Crippen molar-refractivity contribution in [3.8, 4) is 0 Å². The Morgan fingerprint density at radius 2 is 1.88 bits per heavy atom. The molecular formula is C20H27N3O2S. The number of likely N-dealkylation sites (tertiary alicyclic amines) is 1. The Hall–Kier alpha value is -1.92. The lowest BCUT2D eigenvalue weighted by Crippen LogP contribution is -2.36. The zero-order chi connectivity index (χ0) is 18.6. The van der Waals surface area contributed by atoms with Crippen LogP contribution in [0.4, 0.5) is 5.82 Å². The van der Waals surface area contributed by atoms with E-state index in [0.717, 1.165) is 12.1 Å². The minimum atomic E-state index is -3.30. The summed E-state index contributed by atoms with van der Waals surface area (Å²) in [6.45, 7) is 5.02. The predicted molar refractivity (Wildman–Crippen MR) is 105 cm³/mol. The third-order valence-corrected chi connectivity index (χ3v) is 6.11. The lowest BCUT2D eigenvalue weighted by atomic mass is 10.0. The summed E-state index contributed by atoms with van der Waals surface area (Å²) in [6, 6.07) is 12.4. The van der Waals surface area contributed by atoms with Crippen LogP contribution < -0.4 is 5.32 Å². The third kappa shape index (κ3) is 4.83. The summed E-state index contributed by atoms with van der Waals surface area (Å²) in [4.78, 5) is 6.94. The van der Waals surface area contributed by atoms with E-state index < -0.39 is 9.84 Å². The molecule has 1 fully saturated rings. The molecule has 1 aliphatic heterocycles. The Balaban J connectivity index is 1.62. The second-order valence-corrected chi connectivity index (χ2v) is 9.09. The van der Waals surface area contributed by atoms with Crippen molar-refractivity contribution in [1.29, 1.82) is 0 Å². The van der Waals surface area contributed by atoms with Crippen molar-refractivity contribution in [2.24, 2.45) is 0 Å². The summed E-state index contributed by atoms with van der Waals surface area (Å²) in [5.41, 5.74) is 2.42. The van der Waals surface area contributed by atoms with Gasteiger partial charge in [-0.15, -0.1) is 0 Å². The first-order chi connectivity index (χ1) is 12.4. The highest BCUT2D eigenvalue weighted by Gasteiger charge is 2.18. The lowest BCUT2D eigenvalue weighted by molar-refractivity contribution is 0.152. The van der Waals surface area contributed by atoms with E-state index >= 15 is 0 Å². The van der Waals surface area contributed by atoms with Crippen LogP contribution in [0, 0.1) is 0 Å². The van der Waals surface area contributed by atoms with E-state index in [-0.39, 0.29) is 4.90 Å². The number of hydrogen-bond donors (Lipinski definition) is 1. The second-order valence-electron chi connectivity index (χ2n) is 7.11. The molecular weight excluding hydrogens is 346 g/mol. The van der Waals surface area contributed by atoms with Gasteiger partial charge in [0, 0.05) is 31.6 Å². The number of sulfone groups is 1. The maximum Gasteiger partial charge on any atom is 0.179 e. The van der Waals surface area contributed by atoms with E-state index in [2.05, 4.69) is 46.4 Å². The van der Waals surface area contributed by atoms with E-state index in [0.29, 0.717) is 18.4 Å². The molecule has 1 aliphatic rings. The number of benzene rings is 1. The van der Waals surface area contributed by atoms with Crippen molar-refractivity contribution in [2.75, 3.05) is 18.1 Å². The van der Waals surface area contributed by atoms with Gasteiger partial charge >= 0.3 is 0 Å². The van der Waals surface area contributed by atoms with Crippen LogP contribution >= 0.6 is 0 Å². The van der Waals surface area contributed by atoms with Gasteiger partial charge in [0.1, 0.15) is 10.7 Å². The molecule has 1 aromatic carbocycles. The summed E-state index contributed by atoms with van der Waals surface area (Å²) in [6.07, 6.45) is 6.71. The molecule has 0 bridgehead atoms. The summed E-state index contributed by atoms with van der Waals surface area (Å²) in [7, 11) is -3.30. The molecule has 0 radical (unpaired) electrons. The zero-order valence-corrected chi connectivity index (χ0v) is 16.3. The number of hydrogen-bond acceptors (Lipinski definition) is 5. The molecule has 0 spiro atoms. The number of anilines is 1. The molecule has 2 aromatic rings. The Bertz CT molecular complexity index is 834. The van der Waals surface area contributed by atoms with Gasteiger partial charge in [-0.05, 0) is 49.6 Å². The maximum absolute atomic E-state index is 11.8. The van der Waals surface area contributed by atoms with Crippen molar-refractivity contribution in [2.45, 2.75) is 50.2 Å². The first-order valence-corrected chi connectivity index (χ1v) is 11.0. The van der Waals surface area contributed by atoms with Crippen LogP contribution in [0.1, 0.15) is 37.3 Å². The van der Waals surface area contributed by atoms with E-state index in [4.69, 9.17) is 0 Å². The number of nitrogens with zero attached hydrogens (tertiary/aromatic N) is 2. The highest BCUT2D eigenvalue weighted by Crippen LogP contribution is 2.20. The highest BCUT2D eigenvalue weighted by molar-refractivity contribution is 7.90. The van der Waals surface area contributed by atoms with E-state index in [9.17, 15) is 8.42 Å². The monoisotopic (exact) mass is 373 g/mol. The van der Waals surface area contributed by atoms with Crippen molar-refractivity contribution in [3.05, 3.63) is 53.7 Å². The molecule has 0 amide bonds. The minimum Gasteiger partial charge on any atom is -0.365 e. The number of piperidine rings is 1. The van der Waals surface area contributed by atoms with Crippen LogP contribution in [0.15, 0.2) is 47.5 Å². The fourth-order valence-corrected chi connectivity index (χ4v) is 4.20. The van der Waals surface area contributed by atoms with Crippen molar-refractivity contribution in [3.63, 3.8) is 0 Å². The molecule has 0 saturated carbocycles. The number of aromatic nitrogens is 1. The molecule has 5 nitrogen and oxygen atoms in total. The first-order valence-electron chi connectivity index (χ1n) is 9.14. The zero-order valence-electron chi connectivity index (χ0n) is 15.5. The summed E-state index contributed by atoms with van der Waals surface area (Å²) in [5, 5.41) is 3.14. The molecule has 140 valence electrons. The molecule has 1 atom stereocenters. The summed E-state index contributed by atoms with van der Waals surface area (Å²) in [5.74, 6) is 0.404. The first kappa shape index (κ1) is 18.9. The lowest BCUT2D eigenvalue weighted by Gasteiger charge is -2.33. The quantitative estimate of drug-likeness (QED) is 0.840. The fourth-order valence-electron chi connectivity index (χ4n) is 3.40. The second kappa shape index (κ2) is 8.18. The average molecular weight is 374 g/mol. The number of nitrogens with one attached hydrogen (secondary N) is 1. The Morgan fingerprint density at radius 3 is 2.58 bits per heavy atom. The van der Waals surface area contributed by atoms with Crippen LogP contribution in [0.2, 0.25) is 0 Å². The van der Waals surface area contributed by atoms with Gasteiger partial charge in [0.2, 0.25) is 0 Å². The number of rotatable bonds is 6. The molecule has 1 saturated heterocycles. The van der Waals surface area contributed by atoms with Crippen LogP contribution in [-0.2, 0) is 22.9 Å². The molecule has 6 heteroatoms. The van der Waals surface area contributed by atoms with Crippen LogP contribution in [-0.4, -0.2) is 37.1 Å². The van der Waals surface area contributed by atoms with E-state index in [1.165, 1.54) is 37.6 Å². The van der Waals surface area contributed by atoms with Crippen LogP contribution in [0.5, 0.6) is 0 Å². The number of pyridine rings is 1. The average Bonchev–Trinajstić information content (AvgIpc) is 2.62. The Kier molecular flexibility index (Phi) is 5.94. The largest absolute Gasteiger partial charge is 0.365 e. The van der Waals surface area contributed by atoms with Gasteiger partial charge in [0.05, 0.1) is 0 Å². The standard InChI is InChI=1S/C20H27N3O2S/c1-16-6-3-4-13-23(16)15-18-10-8-17(9-11-18)14-22-20-19(26(2,24)25)7-5-12-21-20/h5,7-12,16H,3-4,6,13-15H2,1-2H3,(H,21,22). The SMILES string of the molecule is CC1CCCCN1Cc1ccc(CNc2ncccc2S(C)(=O)=O)cc1. The predicted octanol–water partition coefficient (Wildman–Crippen LogP) is 3.47. The Morgan fingerprint density at radius 1 is 1.15 bits per heavy atom. The molecule has 1 unspecified atom stereocenters. The van der Waals surface area contributed by atoms with Crippen LogP contribution in [0.3, 0.4) is 0 Å². The topological polar surface area (TPSA) is 62.3 Å². The highest BCUT2D eigenvalue weighted by atomic mass is 32.2. The van der Waals surface area contributed by atoms with Gasteiger partial charge in [-0.25, -0.2) is 13.4 Å². The summed E-state index contributed by atoms with van der Waals surface area (Å²) >= 11 is 0. The minimum absolute atomic E-state index is 0.232. The molecule has 26 heavy (non-hydrogen) atoms. The molecule has 1 N–H and O–H groups in total. The van der Waals surface area contributed by atoms with E-state index in [1.54, 1.807) is 18.3 Å². The fraction of sp³-hybridized carbons (Fsp3) is 0.450. The van der Waals surface area contributed by atoms with Gasteiger partial charge in [-0.2, -0.15) is 0 Å². The van der Waals surface area contributed by atoms with Gasteiger partial charge < -0.3 is 5.32 Å². The summed E-state index contributed by atoms with van der Waals surface area (Å²) < 4.78 is 23.7.